The molecule has 2 aliphatic rings. The number of carbonyl (C=O) groups excluding carboxylic acids is 2. The molecule has 2 amide bonds. The maximum Gasteiger partial charge on any atom is 0.417 e. The third-order valence-corrected chi connectivity index (χ3v) is 9.66. The van der Waals surface area contributed by atoms with E-state index in [0.717, 1.165) is 18.2 Å². The first-order valence-electron chi connectivity index (χ1n) is 16.3. The van der Waals surface area contributed by atoms with Crippen LogP contribution in [0.2, 0.25) is 0 Å². The second-order valence-electron chi connectivity index (χ2n) is 14.6. The topological polar surface area (TPSA) is 130 Å². The molecule has 2 aromatic carbocycles. The molecular formula is C35H35F5N6O5S. The smallest absolute Gasteiger partial charge is 0.417 e. The van der Waals surface area contributed by atoms with Crippen LogP contribution in [0, 0.1) is 23.0 Å². The highest BCUT2D eigenvalue weighted by Gasteiger charge is 2.46. The monoisotopic (exact) mass is 746 g/mol. The van der Waals surface area contributed by atoms with Gasteiger partial charge in [-0.05, 0) is 72.1 Å². The van der Waals surface area contributed by atoms with E-state index < -0.39 is 63.4 Å². The highest BCUT2D eigenvalue weighted by molar-refractivity contribution is 7.23. The predicted molar refractivity (Wildman–Crippen MR) is 183 cm³/mol. The van der Waals surface area contributed by atoms with E-state index >= 15 is 22.0 Å². The summed E-state index contributed by atoms with van der Waals surface area (Å²) in [5, 5.41) is 11.7. The van der Waals surface area contributed by atoms with Gasteiger partial charge in [0.25, 0.3) is 0 Å². The molecule has 0 aliphatic carbocycles. The van der Waals surface area contributed by atoms with Gasteiger partial charge in [0.1, 0.15) is 39.4 Å². The molecule has 2 atom stereocenters. The Morgan fingerprint density at radius 3 is 2.19 bits per heavy atom. The summed E-state index contributed by atoms with van der Waals surface area (Å²) in [4.78, 5) is 37.5. The van der Waals surface area contributed by atoms with Crippen LogP contribution < -0.4 is 15.0 Å². The first kappa shape index (κ1) is 36.8. The van der Waals surface area contributed by atoms with E-state index in [0.29, 0.717) is 24.2 Å². The van der Waals surface area contributed by atoms with Crippen molar-refractivity contribution in [2.45, 2.75) is 83.8 Å². The number of methoxy groups -OCH3 is 1. The fourth-order valence-electron chi connectivity index (χ4n) is 6.67. The number of rotatable bonds is 4. The van der Waals surface area contributed by atoms with Gasteiger partial charge in [-0.15, -0.1) is 11.3 Å². The van der Waals surface area contributed by atoms with Gasteiger partial charge in [-0.2, -0.15) is 28.4 Å². The number of ether oxygens (including phenoxy) is 3. The summed E-state index contributed by atoms with van der Waals surface area (Å²) in [5.41, 5.74) is -5.42. The molecule has 0 radical (unpaired) electrons. The molecule has 11 nitrogen and oxygen atoms in total. The number of nitriles is 1. The van der Waals surface area contributed by atoms with Gasteiger partial charge in [0, 0.05) is 29.4 Å². The zero-order valence-corrected chi connectivity index (χ0v) is 30.1. The number of piperazine rings is 1. The van der Waals surface area contributed by atoms with Crippen LogP contribution in [0.5, 0.6) is 6.01 Å². The maximum atomic E-state index is 17.0. The van der Waals surface area contributed by atoms with Gasteiger partial charge in [0.05, 0.1) is 35.0 Å². The number of carbonyl (C=O) groups is 2. The molecule has 4 heterocycles. The summed E-state index contributed by atoms with van der Waals surface area (Å²) in [5.74, 6) is -2.34. The molecule has 2 fully saturated rings. The quantitative estimate of drug-likeness (QED) is 0.204. The molecule has 2 saturated heterocycles. The van der Waals surface area contributed by atoms with E-state index in [4.69, 9.17) is 14.2 Å². The number of nitrogens with one attached hydrogen (secondary N) is 1. The van der Waals surface area contributed by atoms with Crippen LogP contribution in [-0.4, -0.2) is 70.5 Å². The van der Waals surface area contributed by atoms with Gasteiger partial charge < -0.3 is 19.1 Å². The minimum atomic E-state index is -5.16. The number of aromatic nitrogens is 2. The zero-order valence-electron chi connectivity index (χ0n) is 29.3. The van der Waals surface area contributed by atoms with Crippen molar-refractivity contribution in [2.24, 2.45) is 0 Å². The Balaban J connectivity index is 1.53. The van der Waals surface area contributed by atoms with E-state index in [1.807, 2.05) is 6.07 Å². The van der Waals surface area contributed by atoms with Crippen molar-refractivity contribution in [3.05, 3.63) is 41.0 Å². The Hall–Kier alpha value is -4.98. The minimum absolute atomic E-state index is 0.0279. The van der Waals surface area contributed by atoms with Crippen molar-refractivity contribution in [1.29, 1.82) is 5.26 Å². The summed E-state index contributed by atoms with van der Waals surface area (Å²) >= 11 is 0.597. The van der Waals surface area contributed by atoms with E-state index in [-0.39, 0.29) is 63.0 Å². The largest absolute Gasteiger partial charge is 0.467 e. The SMILES string of the molecule is COc1nc(N2CC3CCC(C2)N3C(=O)OC(C)(C)C)c2cc(C(F)(F)F)c(-c3ccc(F)c4sc(NC(=O)OC(C)(C)C)c(C#N)c34)c(F)c2n1. The van der Waals surface area contributed by atoms with Crippen LogP contribution in [0.4, 0.5) is 42.4 Å². The molecule has 0 saturated carbocycles. The van der Waals surface area contributed by atoms with Crippen LogP contribution in [0.15, 0.2) is 18.2 Å². The van der Waals surface area contributed by atoms with Gasteiger partial charge in [0.15, 0.2) is 5.82 Å². The Bertz CT molecular complexity index is 2140. The fraction of sp³-hybridized carbons (Fsp3) is 0.457. The summed E-state index contributed by atoms with van der Waals surface area (Å²) < 4.78 is 93.2. The van der Waals surface area contributed by atoms with Crippen molar-refractivity contribution in [3.8, 4) is 23.2 Å². The molecule has 17 heteroatoms. The highest BCUT2D eigenvalue weighted by Crippen LogP contribution is 2.49. The fourth-order valence-corrected chi connectivity index (χ4v) is 7.74. The van der Waals surface area contributed by atoms with Crippen molar-refractivity contribution in [1.82, 2.24) is 14.9 Å². The number of thiophene rings is 1. The maximum absolute atomic E-state index is 17.0. The molecule has 2 aromatic heterocycles. The van der Waals surface area contributed by atoms with Crippen LogP contribution >= 0.6 is 11.3 Å². The first-order chi connectivity index (χ1) is 24.2. The lowest BCUT2D eigenvalue weighted by molar-refractivity contribution is -0.137. The summed E-state index contributed by atoms with van der Waals surface area (Å²) in [6.45, 7) is 10.4. The number of anilines is 2. The Morgan fingerprint density at radius 1 is 1.00 bits per heavy atom. The second kappa shape index (κ2) is 12.9. The summed E-state index contributed by atoms with van der Waals surface area (Å²) in [6.07, 6.45) is -5.42. The Kier molecular flexibility index (Phi) is 9.13. The van der Waals surface area contributed by atoms with Crippen molar-refractivity contribution in [3.63, 3.8) is 0 Å². The molecule has 6 rings (SSSR count). The molecule has 276 valence electrons. The van der Waals surface area contributed by atoms with Crippen LogP contribution in [0.25, 0.3) is 32.1 Å². The van der Waals surface area contributed by atoms with Crippen LogP contribution in [0.1, 0.15) is 65.5 Å². The third kappa shape index (κ3) is 6.83. The molecule has 1 N–H and O–H groups in total. The average molecular weight is 747 g/mol. The van der Waals surface area contributed by atoms with Crippen molar-refractivity contribution >= 4 is 55.3 Å². The number of halogens is 5. The number of alkyl halides is 3. The van der Waals surface area contributed by atoms with Gasteiger partial charge in [0.2, 0.25) is 0 Å². The minimum Gasteiger partial charge on any atom is -0.467 e. The lowest BCUT2D eigenvalue weighted by Crippen LogP contribution is -2.57. The predicted octanol–water partition coefficient (Wildman–Crippen LogP) is 8.62. The van der Waals surface area contributed by atoms with Crippen LogP contribution in [0.3, 0.4) is 0 Å². The number of fused-ring (bicyclic) bond motifs is 4. The average Bonchev–Trinajstić information content (AvgIpc) is 3.52. The summed E-state index contributed by atoms with van der Waals surface area (Å²) in [6, 6.07) is 3.35. The molecule has 2 bridgehead atoms. The first-order valence-corrected chi connectivity index (χ1v) is 17.1. The van der Waals surface area contributed by atoms with Crippen molar-refractivity contribution < 1.29 is 45.8 Å². The third-order valence-electron chi connectivity index (χ3n) is 8.55. The zero-order chi connectivity index (χ0) is 38.1. The van der Waals surface area contributed by atoms with Gasteiger partial charge >= 0.3 is 24.4 Å². The molecule has 52 heavy (non-hydrogen) atoms. The van der Waals surface area contributed by atoms with Gasteiger partial charge in [-0.1, -0.05) is 6.07 Å². The standard InChI is InChI=1S/C35H35F5N6O5S/c1-33(2,3)50-31(47)44-29-20(13-41)23-18(10-11-22(36)27(23)52-29)24-21(35(38,39)40)12-19-26(25(24)37)42-30(49-7)43-28(19)45-14-16-8-9-17(15-45)46(16)32(48)51-34(4,5)6/h10-12,16-17H,8-9,14-15H2,1-7H3,(H,44,47). The Morgan fingerprint density at radius 2 is 1.63 bits per heavy atom. The molecule has 0 spiro atoms. The lowest BCUT2D eigenvalue weighted by atomic mass is 9.92. The van der Waals surface area contributed by atoms with E-state index in [1.54, 1.807) is 51.3 Å². The molecular weight excluding hydrogens is 711 g/mol. The van der Waals surface area contributed by atoms with Crippen molar-refractivity contribution in [2.75, 3.05) is 30.4 Å². The number of hydrogen-bond acceptors (Lipinski definition) is 10. The van der Waals surface area contributed by atoms with Crippen LogP contribution in [-0.2, 0) is 15.7 Å². The number of amides is 2. The number of benzene rings is 2. The van der Waals surface area contributed by atoms with E-state index in [9.17, 15) is 14.9 Å². The lowest BCUT2D eigenvalue weighted by Gasteiger charge is -2.42. The number of hydrogen-bond donors (Lipinski definition) is 1. The van der Waals surface area contributed by atoms with E-state index in [2.05, 4.69) is 15.3 Å². The second-order valence-corrected chi connectivity index (χ2v) is 15.6. The van der Waals surface area contributed by atoms with Gasteiger partial charge in [-0.3, -0.25) is 10.2 Å². The molecule has 2 aliphatic heterocycles. The molecule has 4 aromatic rings. The molecule has 2 unspecified atom stereocenters. The highest BCUT2D eigenvalue weighted by atomic mass is 32.1. The normalized spacial score (nSPS) is 17.8. The number of nitrogens with zero attached hydrogens (tertiary/aromatic N) is 5. The summed E-state index contributed by atoms with van der Waals surface area (Å²) in [7, 11) is 1.23. The van der Waals surface area contributed by atoms with Gasteiger partial charge in [-0.25, -0.2) is 18.4 Å². The Labute approximate surface area is 299 Å². The van der Waals surface area contributed by atoms with E-state index in [1.165, 1.54) is 7.11 Å².